The van der Waals surface area contributed by atoms with E-state index in [4.69, 9.17) is 5.21 Å². The van der Waals surface area contributed by atoms with Crippen LogP contribution in [0.25, 0.3) is 6.08 Å². The average molecular weight is 410 g/mol. The molecule has 2 rings (SSSR count). The number of urea groups is 1. The Morgan fingerprint density at radius 1 is 0.967 bits per heavy atom. The Bertz CT molecular complexity index is 880. The molecule has 0 saturated heterocycles. The first-order chi connectivity index (χ1) is 14.4. The highest BCUT2D eigenvalue weighted by Crippen LogP contribution is 2.10. The van der Waals surface area contributed by atoms with Crippen molar-refractivity contribution in [1.29, 1.82) is 0 Å². The topological polar surface area (TPSA) is 102 Å². The van der Waals surface area contributed by atoms with Crippen molar-refractivity contribution in [2.45, 2.75) is 6.54 Å². The molecule has 2 aromatic carbocycles. The van der Waals surface area contributed by atoms with Gasteiger partial charge in [0.25, 0.3) is 11.8 Å². The molecule has 8 nitrogen and oxygen atoms in total. The van der Waals surface area contributed by atoms with Gasteiger partial charge in [-0.15, -0.1) is 0 Å². The van der Waals surface area contributed by atoms with Gasteiger partial charge >= 0.3 is 6.03 Å². The Morgan fingerprint density at radius 2 is 1.63 bits per heavy atom. The molecule has 0 unspecified atom stereocenters. The van der Waals surface area contributed by atoms with E-state index in [0.717, 1.165) is 11.1 Å². The first kappa shape index (κ1) is 22.8. The highest BCUT2D eigenvalue weighted by Gasteiger charge is 2.17. The SMILES string of the molecule is CN(C)CCN(Cc1ccc(/C=C/C(=O)NO)cc1)C(=O)NC(=O)c1ccccc1. The summed E-state index contributed by atoms with van der Waals surface area (Å²) < 4.78 is 0. The number of benzene rings is 2. The molecule has 0 aliphatic rings. The Hall–Kier alpha value is -3.49. The number of hydrogen-bond acceptors (Lipinski definition) is 5. The van der Waals surface area contributed by atoms with E-state index in [0.29, 0.717) is 25.2 Å². The first-order valence-electron chi connectivity index (χ1n) is 9.40. The van der Waals surface area contributed by atoms with Crippen LogP contribution in [0.4, 0.5) is 4.79 Å². The molecule has 3 N–H and O–H groups in total. The van der Waals surface area contributed by atoms with Gasteiger partial charge in [-0.3, -0.25) is 20.1 Å². The number of likely N-dealkylation sites (N-methyl/N-ethyl adjacent to an activating group) is 1. The molecule has 0 atom stereocenters. The van der Waals surface area contributed by atoms with Crippen molar-refractivity contribution in [2.75, 3.05) is 27.2 Å². The van der Waals surface area contributed by atoms with E-state index in [-0.39, 0.29) is 0 Å². The van der Waals surface area contributed by atoms with E-state index in [9.17, 15) is 14.4 Å². The molecule has 0 aliphatic carbocycles. The summed E-state index contributed by atoms with van der Waals surface area (Å²) in [5.74, 6) is -1.06. The van der Waals surface area contributed by atoms with Crippen molar-refractivity contribution in [3.63, 3.8) is 0 Å². The fourth-order valence-corrected chi connectivity index (χ4v) is 2.57. The standard InChI is InChI=1S/C22H26N4O4/c1-25(2)14-15-26(22(29)23-21(28)19-6-4-3-5-7-19)16-18-10-8-17(9-11-18)12-13-20(27)24-30/h3-13,30H,14-16H2,1-2H3,(H,24,27)(H,23,28,29)/b13-12+. The van der Waals surface area contributed by atoms with Gasteiger partial charge in [-0.1, -0.05) is 42.5 Å². The van der Waals surface area contributed by atoms with Crippen LogP contribution in [0.2, 0.25) is 0 Å². The maximum Gasteiger partial charge on any atom is 0.324 e. The molecule has 4 amide bonds. The molecule has 2 aromatic rings. The number of hydrogen-bond donors (Lipinski definition) is 3. The van der Waals surface area contributed by atoms with Crippen LogP contribution >= 0.6 is 0 Å². The molecule has 0 fully saturated rings. The largest absolute Gasteiger partial charge is 0.324 e. The number of carbonyl (C=O) groups excluding carboxylic acids is 3. The molecular weight excluding hydrogens is 384 g/mol. The van der Waals surface area contributed by atoms with E-state index < -0.39 is 17.8 Å². The first-order valence-corrected chi connectivity index (χ1v) is 9.40. The third-order valence-electron chi connectivity index (χ3n) is 4.25. The van der Waals surface area contributed by atoms with Gasteiger partial charge in [-0.25, -0.2) is 10.3 Å². The lowest BCUT2D eigenvalue weighted by molar-refractivity contribution is -0.124. The lowest BCUT2D eigenvalue weighted by Crippen LogP contribution is -2.44. The summed E-state index contributed by atoms with van der Waals surface area (Å²) in [5.41, 5.74) is 3.59. The molecule has 158 valence electrons. The minimum absolute atomic E-state index is 0.322. The van der Waals surface area contributed by atoms with Crippen LogP contribution in [0.3, 0.4) is 0 Å². The summed E-state index contributed by atoms with van der Waals surface area (Å²) in [7, 11) is 3.82. The summed E-state index contributed by atoms with van der Waals surface area (Å²) >= 11 is 0. The van der Waals surface area contributed by atoms with Gasteiger partial charge in [0.15, 0.2) is 0 Å². The zero-order valence-electron chi connectivity index (χ0n) is 17.0. The van der Waals surface area contributed by atoms with Crippen LogP contribution in [0.5, 0.6) is 0 Å². The summed E-state index contributed by atoms with van der Waals surface area (Å²) in [4.78, 5) is 39.6. The fraction of sp³-hybridized carbons (Fsp3) is 0.227. The molecule has 0 aromatic heterocycles. The number of carbonyl (C=O) groups is 3. The maximum atomic E-state index is 12.7. The third kappa shape index (κ3) is 7.50. The van der Waals surface area contributed by atoms with Gasteiger partial charge in [-0.05, 0) is 43.4 Å². The lowest BCUT2D eigenvalue weighted by Gasteiger charge is -2.24. The molecule has 0 radical (unpaired) electrons. The zero-order valence-corrected chi connectivity index (χ0v) is 17.0. The number of amides is 4. The highest BCUT2D eigenvalue weighted by atomic mass is 16.5. The van der Waals surface area contributed by atoms with Gasteiger partial charge in [0.05, 0.1) is 0 Å². The van der Waals surface area contributed by atoms with Crippen molar-refractivity contribution in [1.82, 2.24) is 20.6 Å². The number of rotatable bonds is 8. The van der Waals surface area contributed by atoms with E-state index in [1.165, 1.54) is 11.6 Å². The summed E-state index contributed by atoms with van der Waals surface area (Å²) in [6.45, 7) is 1.41. The molecular formula is C22H26N4O4. The van der Waals surface area contributed by atoms with Gasteiger partial charge in [0, 0.05) is 31.3 Å². The molecule has 30 heavy (non-hydrogen) atoms. The molecule has 0 heterocycles. The monoisotopic (exact) mass is 410 g/mol. The highest BCUT2D eigenvalue weighted by molar-refractivity contribution is 6.04. The Morgan fingerprint density at radius 3 is 2.23 bits per heavy atom. The van der Waals surface area contributed by atoms with Gasteiger partial charge in [0.2, 0.25) is 0 Å². The number of imide groups is 1. The van der Waals surface area contributed by atoms with Crippen molar-refractivity contribution >= 4 is 23.9 Å². The van der Waals surface area contributed by atoms with E-state index in [2.05, 4.69) is 5.32 Å². The zero-order chi connectivity index (χ0) is 21.9. The molecule has 0 saturated carbocycles. The van der Waals surface area contributed by atoms with Crippen LogP contribution < -0.4 is 10.8 Å². The molecule has 0 spiro atoms. The van der Waals surface area contributed by atoms with Gasteiger partial charge in [0.1, 0.15) is 0 Å². The predicted molar refractivity (Wildman–Crippen MR) is 114 cm³/mol. The number of hydroxylamine groups is 1. The second-order valence-corrected chi connectivity index (χ2v) is 6.90. The predicted octanol–water partition coefficient (Wildman–Crippen LogP) is 2.12. The van der Waals surface area contributed by atoms with Crippen molar-refractivity contribution in [2.24, 2.45) is 0 Å². The summed E-state index contributed by atoms with van der Waals surface area (Å²) in [6, 6.07) is 15.4. The van der Waals surface area contributed by atoms with Crippen LogP contribution in [0.15, 0.2) is 60.7 Å². The lowest BCUT2D eigenvalue weighted by atomic mass is 10.1. The smallest absolute Gasteiger partial charge is 0.319 e. The minimum atomic E-state index is -0.617. The van der Waals surface area contributed by atoms with Crippen LogP contribution in [-0.4, -0.2) is 60.0 Å². The average Bonchev–Trinajstić information content (AvgIpc) is 2.76. The van der Waals surface area contributed by atoms with E-state index in [1.807, 2.05) is 31.1 Å². The fourth-order valence-electron chi connectivity index (χ4n) is 2.57. The van der Waals surface area contributed by atoms with Gasteiger partial charge in [-0.2, -0.15) is 0 Å². The van der Waals surface area contributed by atoms with Crippen molar-refractivity contribution in [3.05, 3.63) is 77.4 Å². The van der Waals surface area contributed by atoms with Crippen LogP contribution in [0.1, 0.15) is 21.5 Å². The molecule has 0 bridgehead atoms. The maximum absolute atomic E-state index is 12.7. The second-order valence-electron chi connectivity index (χ2n) is 6.90. The number of nitrogens with zero attached hydrogens (tertiary/aromatic N) is 2. The minimum Gasteiger partial charge on any atom is -0.319 e. The Balaban J connectivity index is 2.06. The summed E-state index contributed by atoms with van der Waals surface area (Å²) in [6.07, 6.45) is 2.77. The quantitative estimate of drug-likeness (QED) is 0.352. The second kappa shape index (κ2) is 11.5. The van der Waals surface area contributed by atoms with E-state index >= 15 is 0 Å². The molecule has 8 heteroatoms. The van der Waals surface area contributed by atoms with Crippen LogP contribution in [-0.2, 0) is 11.3 Å². The van der Waals surface area contributed by atoms with E-state index in [1.54, 1.807) is 53.4 Å². The Kier molecular flexibility index (Phi) is 8.74. The molecule has 0 aliphatic heterocycles. The normalized spacial score (nSPS) is 10.8. The van der Waals surface area contributed by atoms with Crippen LogP contribution in [0, 0.1) is 0 Å². The van der Waals surface area contributed by atoms with Gasteiger partial charge < -0.3 is 9.80 Å². The Labute approximate surface area is 175 Å². The third-order valence-corrected chi connectivity index (χ3v) is 4.25. The number of nitrogens with one attached hydrogen (secondary N) is 2. The summed E-state index contributed by atoms with van der Waals surface area (Å²) in [5, 5.41) is 11.0. The van der Waals surface area contributed by atoms with Crippen molar-refractivity contribution in [3.8, 4) is 0 Å². The van der Waals surface area contributed by atoms with Crippen molar-refractivity contribution < 1.29 is 19.6 Å².